The zero-order valence-corrected chi connectivity index (χ0v) is 12.3. The average molecular weight is 269 g/mol. The first kappa shape index (κ1) is 15.0. The van der Waals surface area contributed by atoms with Crippen LogP contribution in [0, 0.1) is 12.8 Å². The van der Waals surface area contributed by atoms with Crippen LogP contribution in [0.15, 0.2) is 12.1 Å². The second-order valence-electron chi connectivity index (χ2n) is 4.89. The molecule has 0 atom stereocenters. The molecule has 0 N–H and O–H groups in total. The minimum absolute atomic E-state index is 0.119. The van der Waals surface area contributed by atoms with E-state index in [1.54, 1.807) is 7.11 Å². The van der Waals surface area contributed by atoms with Crippen LogP contribution in [0.3, 0.4) is 0 Å². The van der Waals surface area contributed by atoms with Gasteiger partial charge in [-0.25, -0.2) is 0 Å². The minimum Gasteiger partial charge on any atom is -0.496 e. The number of methoxy groups -OCH3 is 1. The van der Waals surface area contributed by atoms with Gasteiger partial charge in [-0.05, 0) is 43.0 Å². The van der Waals surface area contributed by atoms with Gasteiger partial charge >= 0.3 is 0 Å². The van der Waals surface area contributed by atoms with Crippen molar-refractivity contribution in [1.82, 2.24) is 0 Å². The molecule has 0 aliphatic rings. The standard InChI is InChI=1S/C15H21ClO2/c1-10(2)14(17)7-5-6-12-9-13(16)11(3)8-15(12)18-4/h8-10H,5-7H2,1-4H3. The molecule has 1 aromatic carbocycles. The summed E-state index contributed by atoms with van der Waals surface area (Å²) < 4.78 is 5.34. The van der Waals surface area contributed by atoms with E-state index in [4.69, 9.17) is 16.3 Å². The van der Waals surface area contributed by atoms with Gasteiger partial charge in [-0.2, -0.15) is 0 Å². The summed E-state index contributed by atoms with van der Waals surface area (Å²) in [5.74, 6) is 1.29. The van der Waals surface area contributed by atoms with E-state index in [0.29, 0.717) is 12.2 Å². The highest BCUT2D eigenvalue weighted by atomic mass is 35.5. The van der Waals surface area contributed by atoms with Crippen molar-refractivity contribution in [3.8, 4) is 5.75 Å². The predicted molar refractivity (Wildman–Crippen MR) is 75.5 cm³/mol. The summed E-state index contributed by atoms with van der Waals surface area (Å²) in [6, 6.07) is 3.89. The Morgan fingerprint density at radius 2 is 2.06 bits per heavy atom. The zero-order chi connectivity index (χ0) is 13.7. The minimum atomic E-state index is 0.119. The fourth-order valence-electron chi connectivity index (χ4n) is 1.82. The van der Waals surface area contributed by atoms with Crippen molar-refractivity contribution in [1.29, 1.82) is 0 Å². The lowest BCUT2D eigenvalue weighted by Crippen LogP contribution is -2.07. The topological polar surface area (TPSA) is 26.3 Å². The highest BCUT2D eigenvalue weighted by molar-refractivity contribution is 6.31. The molecule has 1 rings (SSSR count). The van der Waals surface area contributed by atoms with Gasteiger partial charge in [-0.15, -0.1) is 0 Å². The molecule has 0 unspecified atom stereocenters. The van der Waals surface area contributed by atoms with Crippen LogP contribution in [-0.2, 0) is 11.2 Å². The molecule has 2 nitrogen and oxygen atoms in total. The molecule has 0 bridgehead atoms. The highest BCUT2D eigenvalue weighted by Crippen LogP contribution is 2.27. The molecule has 0 radical (unpaired) electrons. The first-order valence-electron chi connectivity index (χ1n) is 6.31. The number of benzene rings is 1. The number of hydrogen-bond donors (Lipinski definition) is 0. The lowest BCUT2D eigenvalue weighted by atomic mass is 10.00. The maximum atomic E-state index is 11.6. The van der Waals surface area contributed by atoms with Crippen molar-refractivity contribution < 1.29 is 9.53 Å². The first-order valence-corrected chi connectivity index (χ1v) is 6.69. The Balaban J connectivity index is 2.67. The zero-order valence-electron chi connectivity index (χ0n) is 11.5. The number of Topliss-reactive ketones (excluding diaryl/α,β-unsaturated/α-hetero) is 1. The molecule has 0 aromatic heterocycles. The average Bonchev–Trinajstić information content (AvgIpc) is 2.32. The van der Waals surface area contributed by atoms with Crippen molar-refractivity contribution >= 4 is 17.4 Å². The third kappa shape index (κ3) is 4.02. The maximum absolute atomic E-state index is 11.6. The normalized spacial score (nSPS) is 10.8. The van der Waals surface area contributed by atoms with Crippen LogP contribution in [0.1, 0.15) is 37.8 Å². The SMILES string of the molecule is COc1cc(C)c(Cl)cc1CCCC(=O)C(C)C. The molecule has 0 saturated carbocycles. The molecule has 1 aromatic rings. The second kappa shape index (κ2) is 6.79. The highest BCUT2D eigenvalue weighted by Gasteiger charge is 2.10. The number of carbonyl (C=O) groups is 1. The van der Waals surface area contributed by atoms with Gasteiger partial charge < -0.3 is 4.74 Å². The smallest absolute Gasteiger partial charge is 0.135 e. The number of rotatable bonds is 6. The van der Waals surface area contributed by atoms with Crippen LogP contribution in [0.5, 0.6) is 5.75 Å². The second-order valence-corrected chi connectivity index (χ2v) is 5.30. The Hall–Kier alpha value is -1.02. The first-order chi connectivity index (χ1) is 8.45. The van der Waals surface area contributed by atoms with Gasteiger partial charge in [0.1, 0.15) is 11.5 Å². The quantitative estimate of drug-likeness (QED) is 0.773. The Bertz CT molecular complexity index is 425. The van der Waals surface area contributed by atoms with Gasteiger partial charge in [0.25, 0.3) is 0 Å². The fourth-order valence-corrected chi connectivity index (χ4v) is 2.01. The Morgan fingerprint density at radius 1 is 1.39 bits per heavy atom. The Kier molecular flexibility index (Phi) is 5.67. The summed E-state index contributed by atoms with van der Waals surface area (Å²) >= 11 is 6.11. The van der Waals surface area contributed by atoms with Gasteiger partial charge in [-0.3, -0.25) is 4.79 Å². The molecule has 0 spiro atoms. The number of hydrogen-bond acceptors (Lipinski definition) is 2. The summed E-state index contributed by atoms with van der Waals surface area (Å²) in [5, 5.41) is 0.751. The van der Waals surface area contributed by atoms with Gasteiger partial charge in [-0.1, -0.05) is 25.4 Å². The summed E-state index contributed by atoms with van der Waals surface area (Å²) in [5.41, 5.74) is 2.08. The molecular formula is C15H21ClO2. The summed E-state index contributed by atoms with van der Waals surface area (Å²) in [7, 11) is 1.66. The maximum Gasteiger partial charge on any atom is 0.135 e. The summed E-state index contributed by atoms with van der Waals surface area (Å²) in [6.07, 6.45) is 2.28. The van der Waals surface area contributed by atoms with E-state index in [1.807, 2.05) is 32.9 Å². The van der Waals surface area contributed by atoms with E-state index in [9.17, 15) is 4.79 Å². The van der Waals surface area contributed by atoms with Crippen LogP contribution in [0.2, 0.25) is 5.02 Å². The Labute approximate surface area is 114 Å². The number of ether oxygens (including phenoxy) is 1. The van der Waals surface area contributed by atoms with E-state index in [0.717, 1.165) is 34.7 Å². The molecule has 0 amide bonds. The van der Waals surface area contributed by atoms with Crippen LogP contribution in [-0.4, -0.2) is 12.9 Å². The molecule has 0 heterocycles. The number of carbonyl (C=O) groups excluding carboxylic acids is 1. The molecule has 0 fully saturated rings. The van der Waals surface area contributed by atoms with Crippen molar-refractivity contribution in [3.05, 3.63) is 28.3 Å². The van der Waals surface area contributed by atoms with Crippen molar-refractivity contribution in [2.24, 2.45) is 5.92 Å². The molecule has 18 heavy (non-hydrogen) atoms. The monoisotopic (exact) mass is 268 g/mol. The van der Waals surface area contributed by atoms with Gasteiger partial charge in [0.05, 0.1) is 7.11 Å². The molecule has 0 saturated heterocycles. The van der Waals surface area contributed by atoms with Gasteiger partial charge in [0, 0.05) is 17.4 Å². The predicted octanol–water partition coefficient (Wildman–Crippen LogP) is 4.20. The number of halogens is 1. The van der Waals surface area contributed by atoms with Crippen molar-refractivity contribution in [2.45, 2.75) is 40.0 Å². The van der Waals surface area contributed by atoms with Gasteiger partial charge in [0.2, 0.25) is 0 Å². The third-order valence-corrected chi connectivity index (χ3v) is 3.48. The number of aryl methyl sites for hydroxylation is 2. The van der Waals surface area contributed by atoms with E-state index >= 15 is 0 Å². The van der Waals surface area contributed by atoms with Gasteiger partial charge in [0.15, 0.2) is 0 Å². The van der Waals surface area contributed by atoms with Crippen molar-refractivity contribution in [3.63, 3.8) is 0 Å². The van der Waals surface area contributed by atoms with Crippen molar-refractivity contribution in [2.75, 3.05) is 7.11 Å². The van der Waals surface area contributed by atoms with Crippen LogP contribution >= 0.6 is 11.6 Å². The summed E-state index contributed by atoms with van der Waals surface area (Å²) in [6.45, 7) is 5.83. The third-order valence-electron chi connectivity index (χ3n) is 3.07. The van der Waals surface area contributed by atoms with E-state index in [2.05, 4.69) is 0 Å². The molecular weight excluding hydrogens is 248 g/mol. The molecule has 3 heteroatoms. The molecule has 0 aliphatic carbocycles. The largest absolute Gasteiger partial charge is 0.496 e. The van der Waals surface area contributed by atoms with E-state index in [-0.39, 0.29) is 5.92 Å². The Morgan fingerprint density at radius 3 is 2.61 bits per heavy atom. The lowest BCUT2D eigenvalue weighted by Gasteiger charge is -2.11. The molecule has 0 aliphatic heterocycles. The molecule has 100 valence electrons. The van der Waals surface area contributed by atoms with Crippen LogP contribution < -0.4 is 4.74 Å². The van der Waals surface area contributed by atoms with Crippen LogP contribution in [0.25, 0.3) is 0 Å². The van der Waals surface area contributed by atoms with E-state index in [1.165, 1.54) is 0 Å². The van der Waals surface area contributed by atoms with Crippen LogP contribution in [0.4, 0.5) is 0 Å². The van der Waals surface area contributed by atoms with E-state index < -0.39 is 0 Å². The number of ketones is 1. The summed E-state index contributed by atoms with van der Waals surface area (Å²) in [4.78, 5) is 11.6. The fraction of sp³-hybridized carbons (Fsp3) is 0.533. The lowest BCUT2D eigenvalue weighted by molar-refractivity contribution is -0.121.